The molecule has 0 aromatic heterocycles. The quantitative estimate of drug-likeness (QED) is 0.438. The number of hydrogen-bond acceptors (Lipinski definition) is 7. The van der Waals surface area contributed by atoms with Crippen LogP contribution in [0.3, 0.4) is 0 Å². The standard InChI is InChI=1S/C20H20N4O5/c1-20(2,3)17(25)16-15-14(13-5-4-10-21-23(13)16)18(26)22(19(15)27)11-6-8-12(9-7-11)24(28)29/h4-10,13-16H,1-3H3/t13-,14-,15-,16+/m1/s1. The first-order chi connectivity index (χ1) is 13.6. The number of nitro groups is 1. The maximum absolute atomic E-state index is 13.3. The number of Topliss-reactive ketones (excluding diaryl/α,β-unsaturated/α-hetero) is 1. The molecule has 0 aliphatic carbocycles. The highest BCUT2D eigenvalue weighted by Crippen LogP contribution is 2.47. The number of rotatable bonds is 3. The Labute approximate surface area is 166 Å². The first-order valence-corrected chi connectivity index (χ1v) is 9.28. The van der Waals surface area contributed by atoms with Gasteiger partial charge in [0.25, 0.3) is 5.69 Å². The van der Waals surface area contributed by atoms with Gasteiger partial charge in [-0.1, -0.05) is 26.8 Å². The number of non-ortho nitro benzene ring substituents is 1. The number of anilines is 1. The van der Waals surface area contributed by atoms with Gasteiger partial charge >= 0.3 is 0 Å². The Kier molecular flexibility index (Phi) is 4.14. The van der Waals surface area contributed by atoms with E-state index in [9.17, 15) is 24.5 Å². The zero-order valence-corrected chi connectivity index (χ0v) is 16.2. The Morgan fingerprint density at radius 3 is 2.31 bits per heavy atom. The average Bonchev–Trinajstić information content (AvgIpc) is 3.14. The highest BCUT2D eigenvalue weighted by Gasteiger charge is 2.64. The predicted octanol–water partition coefficient (Wildman–Crippen LogP) is 1.92. The Morgan fingerprint density at radius 2 is 1.72 bits per heavy atom. The van der Waals surface area contributed by atoms with Gasteiger partial charge in [-0.25, -0.2) is 4.90 Å². The van der Waals surface area contributed by atoms with Crippen LogP contribution in [0.1, 0.15) is 20.8 Å². The zero-order valence-electron chi connectivity index (χ0n) is 16.2. The Balaban J connectivity index is 1.75. The van der Waals surface area contributed by atoms with Gasteiger partial charge in [0.2, 0.25) is 11.8 Å². The van der Waals surface area contributed by atoms with E-state index in [1.165, 1.54) is 24.3 Å². The van der Waals surface area contributed by atoms with Crippen LogP contribution in [0.2, 0.25) is 0 Å². The van der Waals surface area contributed by atoms with E-state index in [4.69, 9.17) is 0 Å². The second-order valence-electron chi connectivity index (χ2n) is 8.42. The van der Waals surface area contributed by atoms with Gasteiger partial charge in [-0.2, -0.15) is 5.10 Å². The van der Waals surface area contributed by atoms with Crippen molar-refractivity contribution in [2.75, 3.05) is 4.90 Å². The number of amides is 2. The van der Waals surface area contributed by atoms with E-state index >= 15 is 0 Å². The largest absolute Gasteiger partial charge is 0.297 e. The first-order valence-electron chi connectivity index (χ1n) is 9.28. The SMILES string of the molecule is CC(C)(C)C(=O)[C@@H]1[C@@H]2C(=O)N(c3ccc([N+](=O)[O-])cc3)C(=O)[C@@H]2[C@H]2C=CC=NN21. The number of allylic oxidation sites excluding steroid dienone is 1. The number of nitro benzene ring substituents is 1. The lowest BCUT2D eigenvalue weighted by Gasteiger charge is -2.33. The molecule has 1 aromatic rings. The van der Waals surface area contributed by atoms with Crippen LogP contribution in [0.5, 0.6) is 0 Å². The molecule has 1 aromatic carbocycles. The van der Waals surface area contributed by atoms with Crippen molar-refractivity contribution < 1.29 is 19.3 Å². The number of fused-ring (bicyclic) bond motifs is 3. The summed E-state index contributed by atoms with van der Waals surface area (Å²) in [5.41, 5.74) is -0.591. The minimum absolute atomic E-state index is 0.135. The number of imide groups is 1. The van der Waals surface area contributed by atoms with E-state index in [-0.39, 0.29) is 17.2 Å². The van der Waals surface area contributed by atoms with Gasteiger partial charge < -0.3 is 0 Å². The molecule has 0 saturated carbocycles. The summed E-state index contributed by atoms with van der Waals surface area (Å²) in [6.07, 6.45) is 5.03. The average molecular weight is 396 g/mol. The van der Waals surface area contributed by atoms with Crippen molar-refractivity contribution in [3.8, 4) is 0 Å². The van der Waals surface area contributed by atoms with E-state index in [0.717, 1.165) is 4.90 Å². The molecule has 0 radical (unpaired) electrons. The van der Waals surface area contributed by atoms with Crippen molar-refractivity contribution in [2.24, 2.45) is 22.4 Å². The van der Waals surface area contributed by atoms with Gasteiger partial charge in [0.05, 0.1) is 28.5 Å². The molecule has 9 heteroatoms. The summed E-state index contributed by atoms with van der Waals surface area (Å²) < 4.78 is 0. The molecule has 2 saturated heterocycles. The van der Waals surface area contributed by atoms with Crippen LogP contribution in [0, 0.1) is 27.4 Å². The molecule has 4 atom stereocenters. The highest BCUT2D eigenvalue weighted by atomic mass is 16.6. The third-order valence-corrected chi connectivity index (χ3v) is 5.62. The van der Waals surface area contributed by atoms with Gasteiger partial charge in [-0.15, -0.1) is 0 Å². The fourth-order valence-corrected chi connectivity index (χ4v) is 4.26. The number of hydrogen-bond donors (Lipinski definition) is 0. The van der Waals surface area contributed by atoms with Crippen molar-refractivity contribution in [3.05, 3.63) is 46.5 Å². The number of nitrogens with zero attached hydrogens (tertiary/aromatic N) is 4. The second-order valence-corrected chi connectivity index (χ2v) is 8.42. The van der Waals surface area contributed by atoms with Gasteiger partial charge in [0.15, 0.2) is 5.78 Å². The summed E-state index contributed by atoms with van der Waals surface area (Å²) >= 11 is 0. The van der Waals surface area contributed by atoms with E-state index in [0.29, 0.717) is 0 Å². The monoisotopic (exact) mass is 396 g/mol. The Morgan fingerprint density at radius 1 is 1.10 bits per heavy atom. The fraction of sp³-hybridized carbons (Fsp3) is 0.400. The van der Waals surface area contributed by atoms with Gasteiger partial charge in [0, 0.05) is 23.8 Å². The van der Waals surface area contributed by atoms with Crippen LogP contribution in [0.4, 0.5) is 11.4 Å². The first kappa shape index (κ1) is 19.0. The molecule has 0 N–H and O–H groups in total. The topological polar surface area (TPSA) is 113 Å². The van der Waals surface area contributed by atoms with Crippen molar-refractivity contribution in [1.82, 2.24) is 5.01 Å². The second kappa shape index (κ2) is 6.33. The fourth-order valence-electron chi connectivity index (χ4n) is 4.26. The molecule has 29 heavy (non-hydrogen) atoms. The Hall–Kier alpha value is -3.36. The van der Waals surface area contributed by atoms with Gasteiger partial charge in [-0.05, 0) is 18.2 Å². The predicted molar refractivity (Wildman–Crippen MR) is 104 cm³/mol. The smallest absolute Gasteiger partial charge is 0.269 e. The summed E-state index contributed by atoms with van der Waals surface area (Å²) in [6.45, 7) is 5.32. The van der Waals surface area contributed by atoms with Crippen LogP contribution in [-0.4, -0.2) is 45.8 Å². The molecular formula is C20H20N4O5. The molecule has 0 spiro atoms. The van der Waals surface area contributed by atoms with Crippen molar-refractivity contribution in [3.63, 3.8) is 0 Å². The van der Waals surface area contributed by atoms with Crippen LogP contribution in [0.25, 0.3) is 0 Å². The lowest BCUT2D eigenvalue weighted by molar-refractivity contribution is -0.384. The summed E-state index contributed by atoms with van der Waals surface area (Å²) in [5.74, 6) is -2.64. The molecule has 2 amide bonds. The van der Waals surface area contributed by atoms with Gasteiger partial charge in [0.1, 0.15) is 6.04 Å². The number of hydrazone groups is 1. The van der Waals surface area contributed by atoms with Crippen LogP contribution in [0.15, 0.2) is 41.5 Å². The molecule has 3 heterocycles. The number of benzene rings is 1. The van der Waals surface area contributed by atoms with E-state index in [2.05, 4.69) is 5.10 Å². The van der Waals surface area contributed by atoms with Crippen molar-refractivity contribution in [2.45, 2.75) is 32.9 Å². The Bertz CT molecular complexity index is 976. The van der Waals surface area contributed by atoms with Crippen LogP contribution >= 0.6 is 0 Å². The molecule has 3 aliphatic rings. The maximum atomic E-state index is 13.3. The molecule has 4 rings (SSSR count). The van der Waals surface area contributed by atoms with Crippen LogP contribution < -0.4 is 4.90 Å². The summed E-state index contributed by atoms with van der Waals surface area (Å²) in [4.78, 5) is 51.1. The number of carbonyl (C=O) groups excluding carboxylic acids is 3. The van der Waals surface area contributed by atoms with Crippen LogP contribution in [-0.2, 0) is 14.4 Å². The molecule has 150 valence electrons. The van der Waals surface area contributed by atoms with Crippen molar-refractivity contribution in [1.29, 1.82) is 0 Å². The summed E-state index contributed by atoms with van der Waals surface area (Å²) in [7, 11) is 0. The van der Waals surface area contributed by atoms with Crippen molar-refractivity contribution >= 4 is 35.2 Å². The summed E-state index contributed by atoms with van der Waals surface area (Å²) in [6, 6.07) is 3.92. The molecular weight excluding hydrogens is 376 g/mol. The maximum Gasteiger partial charge on any atom is 0.269 e. The third-order valence-electron chi connectivity index (χ3n) is 5.62. The molecule has 9 nitrogen and oxygen atoms in total. The van der Waals surface area contributed by atoms with E-state index < -0.39 is 46.1 Å². The van der Waals surface area contributed by atoms with E-state index in [1.54, 1.807) is 44.1 Å². The summed E-state index contributed by atoms with van der Waals surface area (Å²) in [5, 5.41) is 16.8. The van der Waals surface area contributed by atoms with E-state index in [1.807, 2.05) is 0 Å². The normalized spacial score (nSPS) is 28.0. The number of carbonyl (C=O) groups is 3. The molecule has 2 fully saturated rings. The highest BCUT2D eigenvalue weighted by molar-refractivity contribution is 6.24. The minimum atomic E-state index is -0.852. The number of ketones is 1. The lowest BCUT2D eigenvalue weighted by Crippen LogP contribution is -2.49. The molecule has 0 unspecified atom stereocenters. The zero-order chi connectivity index (χ0) is 21.1. The molecule has 0 bridgehead atoms. The third kappa shape index (κ3) is 2.76. The minimum Gasteiger partial charge on any atom is -0.297 e. The molecule has 3 aliphatic heterocycles. The lowest BCUT2D eigenvalue weighted by atomic mass is 9.80. The van der Waals surface area contributed by atoms with Gasteiger partial charge in [-0.3, -0.25) is 29.5 Å².